The number of hydrogen-bond donors (Lipinski definition) is 0. The first-order valence-electron chi connectivity index (χ1n) is 5.31. The van der Waals surface area contributed by atoms with Gasteiger partial charge in [-0.25, -0.2) is 0 Å². The Hall–Kier alpha value is -2.18. The van der Waals surface area contributed by atoms with E-state index in [1.807, 2.05) is 0 Å². The van der Waals surface area contributed by atoms with E-state index in [2.05, 4.69) is 9.97 Å². The summed E-state index contributed by atoms with van der Waals surface area (Å²) in [6.45, 7) is -0.00241. The summed E-state index contributed by atoms with van der Waals surface area (Å²) in [4.78, 5) is 7.48. The van der Waals surface area contributed by atoms with E-state index in [-0.39, 0.29) is 6.54 Å². The first-order valence-corrected chi connectivity index (χ1v) is 5.31. The van der Waals surface area contributed by atoms with Gasteiger partial charge in [0.05, 0.1) is 12.2 Å². The highest BCUT2D eigenvalue weighted by Crippen LogP contribution is 2.26. The lowest BCUT2D eigenvalue weighted by molar-refractivity contribution is 0.406. The zero-order valence-corrected chi connectivity index (χ0v) is 9.87. The van der Waals surface area contributed by atoms with Crippen molar-refractivity contribution in [2.75, 3.05) is 11.9 Å². The summed E-state index contributed by atoms with van der Waals surface area (Å²) < 4.78 is 52.9. The van der Waals surface area contributed by atoms with Crippen molar-refractivity contribution < 1.29 is 17.6 Å². The molecule has 0 unspecified atom stereocenters. The molecule has 0 atom stereocenters. The minimum atomic E-state index is -1.68. The molecule has 0 saturated heterocycles. The Kier molecular flexibility index (Phi) is 3.64. The van der Waals surface area contributed by atoms with Crippen LogP contribution in [0, 0.1) is 23.5 Å². The molecule has 0 amide bonds. The lowest BCUT2D eigenvalue weighted by Gasteiger charge is -2.20. The highest BCUT2D eigenvalue weighted by atomic mass is 19.2. The topological polar surface area (TPSA) is 29.0 Å². The van der Waals surface area contributed by atoms with Gasteiger partial charge >= 0.3 is 0 Å². The van der Waals surface area contributed by atoms with Crippen molar-refractivity contribution >= 4 is 5.69 Å². The van der Waals surface area contributed by atoms with Gasteiger partial charge in [0.1, 0.15) is 5.69 Å². The molecule has 0 fully saturated rings. The summed E-state index contributed by atoms with van der Waals surface area (Å²) in [7, 11) is 1.30. The van der Waals surface area contributed by atoms with Crippen molar-refractivity contribution in [1.82, 2.24) is 9.97 Å². The normalized spacial score (nSPS) is 10.6. The van der Waals surface area contributed by atoms with Crippen LogP contribution in [-0.4, -0.2) is 17.0 Å². The van der Waals surface area contributed by atoms with Crippen LogP contribution in [-0.2, 0) is 6.54 Å². The molecule has 3 nitrogen and oxygen atoms in total. The average Bonchev–Trinajstić information content (AvgIpc) is 2.38. The largest absolute Gasteiger partial charge is 0.364 e. The van der Waals surface area contributed by atoms with E-state index in [0.29, 0.717) is 5.69 Å². The molecule has 2 aromatic heterocycles. The Bertz CT molecular complexity index is 563. The highest BCUT2D eigenvalue weighted by molar-refractivity contribution is 5.47. The first kappa shape index (κ1) is 13.3. The summed E-state index contributed by atoms with van der Waals surface area (Å²) in [6.07, 6.45) is 1.50. The van der Waals surface area contributed by atoms with Gasteiger partial charge in [-0.15, -0.1) is 0 Å². The summed E-state index contributed by atoms with van der Waals surface area (Å²) in [5.41, 5.74) is -0.308. The molecule has 2 rings (SSSR count). The minimum absolute atomic E-state index is 0.00241. The Balaban J connectivity index is 2.36. The van der Waals surface area contributed by atoms with E-state index < -0.39 is 29.2 Å². The SMILES string of the molecule is CN(Cc1ccccn1)c1c(F)c(F)nc(F)c1F. The molecular weight excluding hydrogens is 262 g/mol. The van der Waals surface area contributed by atoms with Crippen LogP contribution in [0.5, 0.6) is 0 Å². The van der Waals surface area contributed by atoms with Crippen molar-refractivity contribution in [1.29, 1.82) is 0 Å². The predicted octanol–water partition coefficient (Wildman–Crippen LogP) is 2.67. The highest BCUT2D eigenvalue weighted by Gasteiger charge is 2.23. The molecule has 0 aromatic carbocycles. The van der Waals surface area contributed by atoms with Crippen molar-refractivity contribution in [3.05, 3.63) is 53.6 Å². The van der Waals surface area contributed by atoms with Crippen LogP contribution in [0.2, 0.25) is 0 Å². The zero-order valence-electron chi connectivity index (χ0n) is 9.87. The third-order valence-corrected chi connectivity index (χ3v) is 2.48. The van der Waals surface area contributed by atoms with E-state index in [9.17, 15) is 17.6 Å². The van der Waals surface area contributed by atoms with Gasteiger partial charge in [0.2, 0.25) is 11.6 Å². The van der Waals surface area contributed by atoms with E-state index in [1.165, 1.54) is 13.2 Å². The maximum absolute atomic E-state index is 13.5. The summed E-state index contributed by atoms with van der Waals surface area (Å²) in [6, 6.07) is 4.99. The molecule has 0 spiro atoms. The summed E-state index contributed by atoms with van der Waals surface area (Å²) in [5, 5.41) is 0. The standard InChI is InChI=1S/C12H9F4N3/c1-19(6-7-4-2-3-5-17-7)10-8(13)11(15)18-12(16)9(10)14/h2-5H,6H2,1H3. The van der Waals surface area contributed by atoms with E-state index >= 15 is 0 Å². The van der Waals surface area contributed by atoms with Crippen LogP contribution in [0.25, 0.3) is 0 Å². The number of rotatable bonds is 3. The van der Waals surface area contributed by atoms with Crippen LogP contribution in [0.3, 0.4) is 0 Å². The maximum Gasteiger partial charge on any atom is 0.253 e. The van der Waals surface area contributed by atoms with Crippen LogP contribution < -0.4 is 4.90 Å². The average molecular weight is 271 g/mol. The van der Waals surface area contributed by atoms with Crippen LogP contribution in [0.1, 0.15) is 5.69 Å². The van der Waals surface area contributed by atoms with Gasteiger partial charge in [-0.05, 0) is 12.1 Å². The Morgan fingerprint density at radius 1 is 1.05 bits per heavy atom. The lowest BCUT2D eigenvalue weighted by atomic mass is 10.3. The van der Waals surface area contributed by atoms with Crippen molar-refractivity contribution in [2.45, 2.75) is 6.54 Å². The van der Waals surface area contributed by atoms with Gasteiger partial charge in [-0.1, -0.05) is 6.07 Å². The quantitative estimate of drug-likeness (QED) is 0.635. The molecule has 0 radical (unpaired) electrons. The molecule has 0 aliphatic heterocycles. The third kappa shape index (κ3) is 2.64. The van der Waals surface area contributed by atoms with Gasteiger partial charge < -0.3 is 4.90 Å². The van der Waals surface area contributed by atoms with Gasteiger partial charge in [-0.3, -0.25) is 4.98 Å². The van der Waals surface area contributed by atoms with Crippen molar-refractivity contribution in [3.8, 4) is 0 Å². The Morgan fingerprint density at radius 3 is 2.21 bits per heavy atom. The number of anilines is 1. The van der Waals surface area contributed by atoms with Gasteiger partial charge in [0.15, 0.2) is 0 Å². The van der Waals surface area contributed by atoms with E-state index in [4.69, 9.17) is 0 Å². The van der Waals surface area contributed by atoms with Gasteiger partial charge in [0.25, 0.3) is 11.9 Å². The van der Waals surface area contributed by atoms with E-state index in [1.54, 1.807) is 18.2 Å². The van der Waals surface area contributed by atoms with Gasteiger partial charge in [0, 0.05) is 13.2 Å². The van der Waals surface area contributed by atoms with Crippen LogP contribution in [0.4, 0.5) is 23.2 Å². The second kappa shape index (κ2) is 5.21. The number of pyridine rings is 2. The molecule has 0 N–H and O–H groups in total. The number of halogens is 4. The maximum atomic E-state index is 13.5. The lowest BCUT2D eigenvalue weighted by Crippen LogP contribution is -2.21. The molecule has 0 saturated carbocycles. The van der Waals surface area contributed by atoms with Crippen LogP contribution in [0.15, 0.2) is 24.4 Å². The zero-order chi connectivity index (χ0) is 14.0. The minimum Gasteiger partial charge on any atom is -0.364 e. The fourth-order valence-electron chi connectivity index (χ4n) is 1.62. The smallest absolute Gasteiger partial charge is 0.253 e. The molecule has 0 bridgehead atoms. The predicted molar refractivity (Wildman–Crippen MR) is 60.4 cm³/mol. The summed E-state index contributed by atoms with van der Waals surface area (Å²) >= 11 is 0. The molecule has 2 aromatic rings. The second-order valence-corrected chi connectivity index (χ2v) is 3.85. The molecule has 7 heteroatoms. The fourth-order valence-corrected chi connectivity index (χ4v) is 1.62. The van der Waals surface area contributed by atoms with Crippen molar-refractivity contribution in [3.63, 3.8) is 0 Å². The fraction of sp³-hybridized carbons (Fsp3) is 0.167. The van der Waals surface area contributed by atoms with Gasteiger partial charge in [-0.2, -0.15) is 22.5 Å². The number of nitrogens with zero attached hydrogens (tertiary/aromatic N) is 3. The second-order valence-electron chi connectivity index (χ2n) is 3.85. The summed E-state index contributed by atoms with van der Waals surface area (Å²) in [5.74, 6) is -6.42. The molecule has 2 heterocycles. The first-order chi connectivity index (χ1) is 9.00. The number of hydrogen-bond acceptors (Lipinski definition) is 3. The molecular formula is C12H9F4N3. The van der Waals surface area contributed by atoms with Crippen LogP contribution >= 0.6 is 0 Å². The van der Waals surface area contributed by atoms with Crippen molar-refractivity contribution in [2.24, 2.45) is 0 Å². The monoisotopic (exact) mass is 271 g/mol. The number of aromatic nitrogens is 2. The molecule has 19 heavy (non-hydrogen) atoms. The molecule has 100 valence electrons. The Morgan fingerprint density at radius 2 is 1.68 bits per heavy atom. The third-order valence-electron chi connectivity index (χ3n) is 2.48. The Labute approximate surface area is 106 Å². The molecule has 0 aliphatic carbocycles. The molecule has 0 aliphatic rings. The van der Waals surface area contributed by atoms with E-state index in [0.717, 1.165) is 4.90 Å².